The minimum atomic E-state index is -0.311. The fraction of sp³-hybridized carbons (Fsp3) is 0.214. The molecule has 1 heterocycles. The predicted molar refractivity (Wildman–Crippen MR) is 85.9 cm³/mol. The van der Waals surface area contributed by atoms with Crippen molar-refractivity contribution in [1.29, 1.82) is 0 Å². The number of rotatable bonds is 2. The Hall–Kier alpha value is -2.41. The molecule has 1 amide bonds. The zero-order valence-corrected chi connectivity index (χ0v) is 12.9. The lowest BCUT2D eigenvalue weighted by molar-refractivity contribution is 0.0954. The third-order valence-electron chi connectivity index (χ3n) is 2.98. The summed E-state index contributed by atoms with van der Waals surface area (Å²) in [6, 6.07) is 7.51. The Labute approximate surface area is 128 Å². The van der Waals surface area contributed by atoms with Crippen LogP contribution < -0.4 is 16.2 Å². The van der Waals surface area contributed by atoms with Gasteiger partial charge in [-0.3, -0.25) is 14.9 Å². The highest BCUT2D eigenvalue weighted by atomic mass is 32.1. The van der Waals surface area contributed by atoms with E-state index < -0.39 is 0 Å². The van der Waals surface area contributed by atoms with Gasteiger partial charge in [-0.25, -0.2) is 5.01 Å². The summed E-state index contributed by atoms with van der Waals surface area (Å²) >= 11 is 5.01. The Bertz CT molecular complexity index is 677. The van der Waals surface area contributed by atoms with Crippen LogP contribution in [0.25, 0.3) is 0 Å². The second kappa shape index (κ2) is 5.92. The van der Waals surface area contributed by atoms with Crippen LogP contribution in [-0.4, -0.2) is 20.8 Å². The molecule has 0 unspecified atom stereocenters. The zero-order chi connectivity index (χ0) is 15.6. The summed E-state index contributed by atoms with van der Waals surface area (Å²) in [5, 5.41) is 5.58. The maximum atomic E-state index is 12.3. The van der Waals surface area contributed by atoms with E-state index in [0.29, 0.717) is 16.9 Å². The molecule has 0 aliphatic heterocycles. The first-order valence-electron chi connectivity index (χ1n) is 6.36. The number of aromatic nitrogens is 2. The summed E-state index contributed by atoms with van der Waals surface area (Å²) in [5.74, 6) is -0.311. The third kappa shape index (κ3) is 3.38. The minimum Gasteiger partial charge on any atom is -0.374 e. The molecule has 0 aliphatic carbocycles. The van der Waals surface area contributed by atoms with Gasteiger partial charge in [0, 0.05) is 13.2 Å². The Balaban J connectivity index is 2.24. The minimum absolute atomic E-state index is 0.0637. The predicted octanol–water partition coefficient (Wildman–Crippen LogP) is 1.43. The molecule has 0 atom stereocenters. The van der Waals surface area contributed by atoms with Crippen molar-refractivity contribution in [2.45, 2.75) is 13.8 Å². The van der Waals surface area contributed by atoms with Gasteiger partial charge < -0.3 is 5.73 Å². The molecular formula is C14H17N5OS. The van der Waals surface area contributed by atoms with Gasteiger partial charge in [0.1, 0.15) is 0 Å². The van der Waals surface area contributed by atoms with Crippen LogP contribution in [0.5, 0.6) is 0 Å². The van der Waals surface area contributed by atoms with Crippen molar-refractivity contribution >= 4 is 28.9 Å². The number of aryl methyl sites for hydroxylation is 3. The van der Waals surface area contributed by atoms with Crippen LogP contribution in [0.15, 0.2) is 30.5 Å². The monoisotopic (exact) mass is 303 g/mol. The Kier molecular flexibility index (Phi) is 4.23. The number of nitrogens with one attached hydrogen (secondary N) is 1. The molecule has 21 heavy (non-hydrogen) atoms. The molecule has 1 aromatic heterocycles. The quantitative estimate of drug-likeness (QED) is 0.648. The fourth-order valence-electron chi connectivity index (χ4n) is 1.93. The molecule has 110 valence electrons. The van der Waals surface area contributed by atoms with Gasteiger partial charge in [0.05, 0.1) is 16.9 Å². The number of benzene rings is 1. The van der Waals surface area contributed by atoms with Crippen molar-refractivity contribution in [3.63, 3.8) is 0 Å². The number of carbonyl (C=O) groups is 1. The van der Waals surface area contributed by atoms with Crippen molar-refractivity contribution in [3.05, 3.63) is 47.3 Å². The third-order valence-corrected chi connectivity index (χ3v) is 3.17. The summed E-state index contributed by atoms with van der Waals surface area (Å²) in [6.45, 7) is 3.75. The first-order chi connectivity index (χ1) is 9.88. The molecule has 0 spiro atoms. The molecule has 0 aliphatic rings. The average Bonchev–Trinajstić information content (AvgIpc) is 2.76. The van der Waals surface area contributed by atoms with E-state index in [1.165, 1.54) is 5.01 Å². The standard InChI is InChI=1S/C14H17N5OS/c1-9-4-6-11(7-5-9)19(14(15)21)17-13(20)12-8-18(3)16-10(12)2/h4-8H,1-3H3,(H2,15,21)(H,17,20). The van der Waals surface area contributed by atoms with E-state index in [9.17, 15) is 4.79 Å². The molecule has 2 rings (SSSR count). The molecule has 0 radical (unpaired) electrons. The van der Waals surface area contributed by atoms with Crippen LogP contribution in [0.3, 0.4) is 0 Å². The number of nitrogens with zero attached hydrogens (tertiary/aromatic N) is 3. The maximum Gasteiger partial charge on any atom is 0.273 e. The van der Waals surface area contributed by atoms with Gasteiger partial charge in [-0.2, -0.15) is 5.10 Å². The lowest BCUT2D eigenvalue weighted by Gasteiger charge is -2.23. The molecule has 2 aromatic rings. The molecule has 1 aromatic carbocycles. The Morgan fingerprint density at radius 1 is 1.33 bits per heavy atom. The molecule has 0 bridgehead atoms. The average molecular weight is 303 g/mol. The largest absolute Gasteiger partial charge is 0.374 e. The van der Waals surface area contributed by atoms with E-state index in [1.807, 2.05) is 31.2 Å². The van der Waals surface area contributed by atoms with E-state index in [4.69, 9.17) is 18.0 Å². The summed E-state index contributed by atoms with van der Waals surface area (Å²) in [6.07, 6.45) is 1.65. The molecule has 3 N–H and O–H groups in total. The SMILES string of the molecule is Cc1ccc(N(NC(=O)c2cn(C)nc2C)C(N)=S)cc1. The van der Waals surface area contributed by atoms with Crippen molar-refractivity contribution in [3.8, 4) is 0 Å². The topological polar surface area (TPSA) is 76.2 Å². The van der Waals surface area contributed by atoms with E-state index in [1.54, 1.807) is 24.9 Å². The van der Waals surface area contributed by atoms with Crippen LogP contribution in [0.4, 0.5) is 5.69 Å². The number of carbonyl (C=O) groups excluding carboxylic acids is 1. The van der Waals surface area contributed by atoms with Gasteiger partial charge in [-0.1, -0.05) is 17.7 Å². The maximum absolute atomic E-state index is 12.3. The van der Waals surface area contributed by atoms with Gasteiger partial charge in [0.2, 0.25) is 0 Å². The molecule has 6 nitrogen and oxygen atoms in total. The second-order valence-electron chi connectivity index (χ2n) is 4.75. The van der Waals surface area contributed by atoms with Gasteiger partial charge >= 0.3 is 0 Å². The number of amides is 1. The van der Waals surface area contributed by atoms with Crippen molar-refractivity contribution in [1.82, 2.24) is 15.2 Å². The van der Waals surface area contributed by atoms with Gasteiger partial charge in [0.25, 0.3) is 5.91 Å². The number of hydrogen-bond acceptors (Lipinski definition) is 3. The second-order valence-corrected chi connectivity index (χ2v) is 5.17. The van der Waals surface area contributed by atoms with Crippen LogP contribution in [0.1, 0.15) is 21.6 Å². The summed E-state index contributed by atoms with van der Waals surface area (Å²) in [4.78, 5) is 12.3. The molecule has 0 fully saturated rings. The van der Waals surface area contributed by atoms with Crippen molar-refractivity contribution < 1.29 is 4.79 Å². The molecule has 0 saturated heterocycles. The highest BCUT2D eigenvalue weighted by Gasteiger charge is 2.17. The van der Waals surface area contributed by atoms with E-state index in [-0.39, 0.29) is 11.0 Å². The Morgan fingerprint density at radius 2 is 1.95 bits per heavy atom. The van der Waals surface area contributed by atoms with Gasteiger partial charge in [-0.15, -0.1) is 0 Å². The normalized spacial score (nSPS) is 10.2. The fourth-order valence-corrected chi connectivity index (χ4v) is 2.08. The lowest BCUT2D eigenvalue weighted by atomic mass is 10.2. The zero-order valence-electron chi connectivity index (χ0n) is 12.1. The highest BCUT2D eigenvalue weighted by Crippen LogP contribution is 2.14. The lowest BCUT2D eigenvalue weighted by Crippen LogP contribution is -2.49. The Morgan fingerprint density at radius 3 is 2.43 bits per heavy atom. The summed E-state index contributed by atoms with van der Waals surface area (Å²) in [5.41, 5.74) is 11.3. The number of hydrazine groups is 1. The van der Waals surface area contributed by atoms with Crippen LogP contribution in [-0.2, 0) is 7.05 Å². The van der Waals surface area contributed by atoms with Crippen LogP contribution >= 0.6 is 12.2 Å². The molecule has 0 saturated carbocycles. The number of nitrogens with two attached hydrogens (primary N) is 1. The smallest absolute Gasteiger partial charge is 0.273 e. The number of hydrogen-bond donors (Lipinski definition) is 2. The van der Waals surface area contributed by atoms with E-state index >= 15 is 0 Å². The highest BCUT2D eigenvalue weighted by molar-refractivity contribution is 7.80. The van der Waals surface area contributed by atoms with E-state index in [0.717, 1.165) is 5.56 Å². The van der Waals surface area contributed by atoms with Gasteiger partial charge in [0.15, 0.2) is 5.11 Å². The van der Waals surface area contributed by atoms with Crippen LogP contribution in [0.2, 0.25) is 0 Å². The first kappa shape index (κ1) is 15.0. The number of anilines is 1. The summed E-state index contributed by atoms with van der Waals surface area (Å²) < 4.78 is 1.58. The van der Waals surface area contributed by atoms with Crippen molar-refractivity contribution in [2.75, 3.05) is 5.01 Å². The molecular weight excluding hydrogens is 286 g/mol. The number of thiocarbonyl (C=S) groups is 1. The van der Waals surface area contributed by atoms with Gasteiger partial charge in [-0.05, 0) is 38.2 Å². The van der Waals surface area contributed by atoms with E-state index in [2.05, 4.69) is 10.5 Å². The van der Waals surface area contributed by atoms with Crippen molar-refractivity contribution in [2.24, 2.45) is 12.8 Å². The van der Waals surface area contributed by atoms with Crippen LogP contribution in [0, 0.1) is 13.8 Å². The summed E-state index contributed by atoms with van der Waals surface area (Å²) in [7, 11) is 1.76. The first-order valence-corrected chi connectivity index (χ1v) is 6.77. The molecule has 7 heteroatoms.